The quantitative estimate of drug-likeness (QED) is 0.595. The van der Waals surface area contributed by atoms with Crippen LogP contribution in [0.5, 0.6) is 0 Å². The highest BCUT2D eigenvalue weighted by molar-refractivity contribution is 9.11. The van der Waals surface area contributed by atoms with Crippen molar-refractivity contribution in [2.45, 2.75) is 6.92 Å². The number of hydrogen-bond acceptors (Lipinski definition) is 1. The van der Waals surface area contributed by atoms with Crippen LogP contribution < -0.4 is 0 Å². The molecule has 3 aromatic rings. The summed E-state index contributed by atoms with van der Waals surface area (Å²) < 4.78 is 1.77. The highest BCUT2D eigenvalue weighted by Gasteiger charge is 2.18. The van der Waals surface area contributed by atoms with Crippen molar-refractivity contribution in [2.24, 2.45) is 0 Å². The molecule has 0 amide bonds. The molecule has 0 unspecified atom stereocenters. The topological polar surface area (TPSA) is 32.9 Å². The molecule has 0 radical (unpaired) electrons. The highest BCUT2D eigenvalue weighted by atomic mass is 79.9. The van der Waals surface area contributed by atoms with Gasteiger partial charge in [0.25, 0.3) is 0 Å². The predicted octanol–water partition coefficient (Wildman–Crippen LogP) is 5.23. The molecule has 0 aliphatic rings. The molecule has 3 rings (SSSR count). The van der Waals surface area contributed by atoms with Gasteiger partial charge in [0.05, 0.1) is 0 Å². The van der Waals surface area contributed by atoms with Crippen LogP contribution >= 0.6 is 31.9 Å². The van der Waals surface area contributed by atoms with E-state index >= 15 is 0 Å². The summed E-state index contributed by atoms with van der Waals surface area (Å²) >= 11 is 7.02. The second kappa shape index (κ2) is 5.19. The summed E-state index contributed by atoms with van der Waals surface area (Å²) in [6, 6.07) is 11.6. The van der Waals surface area contributed by atoms with Crippen molar-refractivity contribution >= 4 is 48.5 Å². The molecule has 4 heteroatoms. The third-order valence-corrected chi connectivity index (χ3v) is 5.05. The van der Waals surface area contributed by atoms with Crippen LogP contribution in [0.4, 0.5) is 0 Å². The Hall–Kier alpha value is -1.39. The molecule has 1 N–H and O–H groups in total. The number of ketones is 1. The van der Waals surface area contributed by atoms with Crippen molar-refractivity contribution in [3.8, 4) is 0 Å². The first-order valence-corrected chi connectivity index (χ1v) is 7.73. The monoisotopic (exact) mass is 391 g/mol. The van der Waals surface area contributed by atoms with Gasteiger partial charge in [-0.25, -0.2) is 0 Å². The second-order valence-corrected chi connectivity index (χ2v) is 6.28. The second-order valence-electron chi connectivity index (χ2n) is 4.63. The van der Waals surface area contributed by atoms with Gasteiger partial charge in [-0.05, 0) is 46.6 Å². The Morgan fingerprint density at radius 3 is 2.60 bits per heavy atom. The van der Waals surface area contributed by atoms with Crippen molar-refractivity contribution in [3.05, 3.63) is 68.2 Å². The van der Waals surface area contributed by atoms with Crippen molar-refractivity contribution in [3.63, 3.8) is 0 Å². The maximum atomic E-state index is 12.8. The Morgan fingerprint density at radius 2 is 1.80 bits per heavy atom. The minimum absolute atomic E-state index is 0.0127. The van der Waals surface area contributed by atoms with Gasteiger partial charge in [-0.2, -0.15) is 0 Å². The lowest BCUT2D eigenvalue weighted by molar-refractivity contribution is 0.103. The van der Waals surface area contributed by atoms with Gasteiger partial charge in [0.1, 0.15) is 0 Å². The number of halogens is 2. The molecule has 2 aromatic carbocycles. The van der Waals surface area contributed by atoms with Crippen molar-refractivity contribution in [2.75, 3.05) is 0 Å². The van der Waals surface area contributed by atoms with Crippen molar-refractivity contribution in [1.82, 2.24) is 4.98 Å². The Bertz CT molecular complexity index is 820. The highest BCUT2D eigenvalue weighted by Crippen LogP contribution is 2.30. The molecule has 0 aliphatic heterocycles. The van der Waals surface area contributed by atoms with E-state index in [4.69, 9.17) is 0 Å². The fourth-order valence-corrected chi connectivity index (χ4v) is 3.31. The zero-order valence-electron chi connectivity index (χ0n) is 10.7. The molecule has 0 bridgehead atoms. The zero-order chi connectivity index (χ0) is 14.3. The van der Waals surface area contributed by atoms with Gasteiger partial charge in [-0.15, -0.1) is 0 Å². The van der Waals surface area contributed by atoms with Crippen LogP contribution in [0.2, 0.25) is 0 Å². The van der Waals surface area contributed by atoms with E-state index < -0.39 is 0 Å². The number of aromatic amines is 1. The van der Waals surface area contributed by atoms with Gasteiger partial charge < -0.3 is 4.98 Å². The number of carbonyl (C=O) groups is 1. The lowest BCUT2D eigenvalue weighted by atomic mass is 10.0. The minimum Gasteiger partial charge on any atom is -0.360 e. The fraction of sp³-hybridized carbons (Fsp3) is 0.0625. The van der Waals surface area contributed by atoms with Gasteiger partial charge >= 0.3 is 0 Å². The smallest absolute Gasteiger partial charge is 0.196 e. The van der Waals surface area contributed by atoms with Crippen LogP contribution in [0, 0.1) is 6.92 Å². The maximum Gasteiger partial charge on any atom is 0.196 e. The van der Waals surface area contributed by atoms with Gasteiger partial charge in [0.2, 0.25) is 0 Å². The van der Waals surface area contributed by atoms with Gasteiger partial charge in [-0.1, -0.05) is 34.1 Å². The molecule has 1 aromatic heterocycles. The van der Waals surface area contributed by atoms with Crippen LogP contribution in [0.3, 0.4) is 0 Å². The molecule has 2 nitrogen and oxygen atoms in total. The lowest BCUT2D eigenvalue weighted by Gasteiger charge is -2.06. The van der Waals surface area contributed by atoms with Crippen molar-refractivity contribution in [1.29, 1.82) is 0 Å². The van der Waals surface area contributed by atoms with Gasteiger partial charge in [0.15, 0.2) is 5.78 Å². The van der Waals surface area contributed by atoms with E-state index in [1.54, 1.807) is 6.20 Å². The average Bonchev–Trinajstić information content (AvgIpc) is 2.86. The number of H-pyrrole nitrogens is 1. The van der Waals surface area contributed by atoms with Crippen LogP contribution in [0.25, 0.3) is 10.9 Å². The third kappa shape index (κ3) is 2.13. The van der Waals surface area contributed by atoms with E-state index in [2.05, 4.69) is 36.8 Å². The summed E-state index contributed by atoms with van der Waals surface area (Å²) in [4.78, 5) is 15.9. The summed E-state index contributed by atoms with van der Waals surface area (Å²) in [6.07, 6.45) is 1.77. The molecule has 0 fully saturated rings. The Balaban J connectivity index is 2.21. The van der Waals surface area contributed by atoms with Crippen LogP contribution in [-0.2, 0) is 0 Å². The largest absolute Gasteiger partial charge is 0.360 e. The Morgan fingerprint density at radius 1 is 1.05 bits per heavy atom. The van der Waals surface area contributed by atoms with Crippen LogP contribution in [0.1, 0.15) is 21.5 Å². The minimum atomic E-state index is 0.0127. The van der Waals surface area contributed by atoms with E-state index in [0.29, 0.717) is 11.1 Å². The van der Waals surface area contributed by atoms with Crippen LogP contribution in [-0.4, -0.2) is 10.8 Å². The molecule has 0 atom stereocenters. The Labute approximate surface area is 133 Å². The number of hydrogen-bond donors (Lipinski definition) is 1. The molecule has 100 valence electrons. The molecule has 0 saturated carbocycles. The number of aryl methyl sites for hydroxylation is 1. The Kier molecular flexibility index (Phi) is 3.52. The predicted molar refractivity (Wildman–Crippen MR) is 88.3 cm³/mol. The standard InChI is InChI=1S/C16H11Br2NO/c1-9-4-2-5-10(15(9)18)16(20)11-8-19-13-7-3-6-12(17)14(11)13/h2-8,19H,1H3. The summed E-state index contributed by atoms with van der Waals surface area (Å²) in [5.41, 5.74) is 3.36. The summed E-state index contributed by atoms with van der Waals surface area (Å²) in [6.45, 7) is 1.98. The number of nitrogens with one attached hydrogen (secondary N) is 1. The molecule has 20 heavy (non-hydrogen) atoms. The van der Waals surface area contributed by atoms with E-state index in [9.17, 15) is 4.79 Å². The summed E-state index contributed by atoms with van der Waals surface area (Å²) in [7, 11) is 0. The van der Waals surface area contributed by atoms with Gasteiger partial charge in [0, 0.05) is 37.2 Å². The first-order chi connectivity index (χ1) is 9.59. The van der Waals surface area contributed by atoms with Gasteiger partial charge in [-0.3, -0.25) is 4.79 Å². The zero-order valence-corrected chi connectivity index (χ0v) is 13.9. The number of carbonyl (C=O) groups excluding carboxylic acids is 1. The summed E-state index contributed by atoms with van der Waals surface area (Å²) in [5, 5.41) is 0.922. The fourth-order valence-electron chi connectivity index (χ4n) is 2.29. The number of aromatic nitrogens is 1. The first kappa shape index (κ1) is 13.6. The molecular formula is C16H11Br2NO. The van der Waals surface area contributed by atoms with E-state index in [0.717, 1.165) is 25.4 Å². The van der Waals surface area contributed by atoms with E-state index in [-0.39, 0.29) is 5.78 Å². The van der Waals surface area contributed by atoms with Crippen molar-refractivity contribution < 1.29 is 4.79 Å². The normalized spacial score (nSPS) is 10.9. The number of benzene rings is 2. The lowest BCUT2D eigenvalue weighted by Crippen LogP contribution is -2.02. The van der Waals surface area contributed by atoms with E-state index in [1.165, 1.54) is 0 Å². The molecule has 0 spiro atoms. The average molecular weight is 393 g/mol. The maximum absolute atomic E-state index is 12.8. The molecular weight excluding hydrogens is 382 g/mol. The van der Waals surface area contributed by atoms with E-state index in [1.807, 2.05) is 43.3 Å². The molecule has 1 heterocycles. The number of fused-ring (bicyclic) bond motifs is 1. The molecule has 0 aliphatic carbocycles. The SMILES string of the molecule is Cc1cccc(C(=O)c2c[nH]c3cccc(Br)c23)c1Br. The number of rotatable bonds is 2. The first-order valence-electron chi connectivity index (χ1n) is 6.15. The summed E-state index contributed by atoms with van der Waals surface area (Å²) in [5.74, 6) is 0.0127. The van der Waals surface area contributed by atoms with Crippen LogP contribution in [0.15, 0.2) is 51.5 Å². The molecule has 0 saturated heterocycles. The third-order valence-electron chi connectivity index (χ3n) is 3.34.